The van der Waals surface area contributed by atoms with E-state index in [2.05, 4.69) is 82.6 Å². The molecule has 2 aromatic carbocycles. The average molecular weight is 333 g/mol. The Morgan fingerprint density at radius 2 is 1.95 bits per heavy atom. The van der Waals surface area contributed by atoms with E-state index in [1.165, 1.54) is 22.4 Å². The third kappa shape index (κ3) is 3.84. The monoisotopic (exact) mass is 332 g/mol. The van der Waals surface area contributed by atoms with Gasteiger partial charge in [0.2, 0.25) is 0 Å². The Morgan fingerprint density at radius 3 is 2.60 bits per heavy atom. The molecular weight excluding hydrogens is 312 g/mol. The predicted octanol–water partition coefficient (Wildman–Crippen LogP) is 4.11. The molecule has 3 heteroatoms. The summed E-state index contributed by atoms with van der Waals surface area (Å²) in [7, 11) is 4.11. The Kier molecular flexibility index (Phi) is 5.21. The molecule has 0 atom stereocenters. The van der Waals surface area contributed by atoms with Crippen LogP contribution in [0.3, 0.4) is 0 Å². The van der Waals surface area contributed by atoms with E-state index in [0.717, 1.165) is 17.6 Å². The predicted molar refractivity (Wildman–Crippen MR) is 90.2 cm³/mol. The second-order valence-electron chi connectivity index (χ2n) is 5.13. The third-order valence-corrected chi connectivity index (χ3v) is 3.94. The molecule has 1 N–H and O–H groups in total. The topological polar surface area (TPSA) is 15.3 Å². The van der Waals surface area contributed by atoms with Crippen LogP contribution in [-0.2, 0) is 13.1 Å². The van der Waals surface area contributed by atoms with Gasteiger partial charge in [-0.05, 0) is 54.9 Å². The SMILES string of the molecule is CNCc1ccc(N(C)Cc2cccc(Br)c2)cc1C. The maximum Gasteiger partial charge on any atom is 0.0426 e. The number of anilines is 1. The van der Waals surface area contributed by atoms with Crippen molar-refractivity contribution in [3.8, 4) is 0 Å². The Balaban J connectivity index is 2.13. The van der Waals surface area contributed by atoms with Gasteiger partial charge in [0.1, 0.15) is 0 Å². The Hall–Kier alpha value is -1.32. The van der Waals surface area contributed by atoms with Crippen molar-refractivity contribution < 1.29 is 0 Å². The Bertz CT molecular complexity index is 581. The van der Waals surface area contributed by atoms with Gasteiger partial charge < -0.3 is 10.2 Å². The number of hydrogen-bond acceptors (Lipinski definition) is 2. The van der Waals surface area contributed by atoms with E-state index in [1.54, 1.807) is 0 Å². The number of rotatable bonds is 5. The van der Waals surface area contributed by atoms with E-state index in [1.807, 2.05) is 7.05 Å². The molecule has 0 aliphatic rings. The van der Waals surface area contributed by atoms with E-state index in [-0.39, 0.29) is 0 Å². The van der Waals surface area contributed by atoms with Crippen LogP contribution in [0.4, 0.5) is 5.69 Å². The molecule has 0 radical (unpaired) electrons. The first-order valence-corrected chi connectivity index (χ1v) is 7.59. The lowest BCUT2D eigenvalue weighted by Gasteiger charge is -2.21. The minimum absolute atomic E-state index is 0.907. The molecule has 0 saturated carbocycles. The highest BCUT2D eigenvalue weighted by molar-refractivity contribution is 9.10. The molecule has 106 valence electrons. The molecule has 2 nitrogen and oxygen atoms in total. The van der Waals surface area contributed by atoms with Crippen molar-refractivity contribution in [1.29, 1.82) is 0 Å². The maximum absolute atomic E-state index is 3.52. The van der Waals surface area contributed by atoms with Crippen LogP contribution < -0.4 is 10.2 Å². The summed E-state index contributed by atoms with van der Waals surface area (Å²) in [6.07, 6.45) is 0. The van der Waals surface area contributed by atoms with Crippen molar-refractivity contribution in [2.24, 2.45) is 0 Å². The standard InChI is InChI=1S/C17H21BrN2/c1-13-9-17(8-7-15(13)11-19-2)20(3)12-14-5-4-6-16(18)10-14/h4-10,19H,11-12H2,1-3H3. The highest BCUT2D eigenvalue weighted by Crippen LogP contribution is 2.21. The minimum Gasteiger partial charge on any atom is -0.370 e. The lowest BCUT2D eigenvalue weighted by molar-refractivity contribution is 0.811. The van der Waals surface area contributed by atoms with Crippen molar-refractivity contribution in [3.63, 3.8) is 0 Å². The smallest absolute Gasteiger partial charge is 0.0426 e. The van der Waals surface area contributed by atoms with Gasteiger partial charge in [-0.25, -0.2) is 0 Å². The van der Waals surface area contributed by atoms with Crippen molar-refractivity contribution in [2.45, 2.75) is 20.0 Å². The van der Waals surface area contributed by atoms with E-state index in [0.29, 0.717) is 0 Å². The van der Waals surface area contributed by atoms with Gasteiger partial charge >= 0.3 is 0 Å². The molecule has 0 unspecified atom stereocenters. The molecule has 0 spiro atoms. The Morgan fingerprint density at radius 1 is 1.15 bits per heavy atom. The van der Waals surface area contributed by atoms with Gasteiger partial charge in [-0.1, -0.05) is 34.1 Å². The largest absolute Gasteiger partial charge is 0.370 e. The lowest BCUT2D eigenvalue weighted by Crippen LogP contribution is -2.17. The minimum atomic E-state index is 0.907. The number of benzene rings is 2. The summed E-state index contributed by atoms with van der Waals surface area (Å²) in [5.74, 6) is 0. The van der Waals surface area contributed by atoms with E-state index in [4.69, 9.17) is 0 Å². The fraction of sp³-hybridized carbons (Fsp3) is 0.294. The molecule has 0 aliphatic carbocycles. The van der Waals surface area contributed by atoms with Gasteiger partial charge in [-0.3, -0.25) is 0 Å². The summed E-state index contributed by atoms with van der Waals surface area (Å²) in [4.78, 5) is 2.28. The molecule has 2 rings (SSSR count). The number of hydrogen-bond donors (Lipinski definition) is 1. The van der Waals surface area contributed by atoms with Gasteiger partial charge in [0.25, 0.3) is 0 Å². The molecule has 2 aromatic rings. The molecule has 0 saturated heterocycles. The van der Waals surface area contributed by atoms with Crippen molar-refractivity contribution in [2.75, 3.05) is 19.0 Å². The zero-order valence-corrected chi connectivity index (χ0v) is 13.9. The van der Waals surface area contributed by atoms with Crippen LogP contribution in [0.5, 0.6) is 0 Å². The summed E-state index contributed by atoms with van der Waals surface area (Å²) in [6.45, 7) is 3.99. The molecule has 0 aliphatic heterocycles. The van der Waals surface area contributed by atoms with Crippen LogP contribution in [0.2, 0.25) is 0 Å². The number of halogens is 1. The second-order valence-corrected chi connectivity index (χ2v) is 6.04. The zero-order chi connectivity index (χ0) is 14.5. The van der Waals surface area contributed by atoms with Gasteiger partial charge in [0.15, 0.2) is 0 Å². The van der Waals surface area contributed by atoms with Crippen molar-refractivity contribution in [3.05, 3.63) is 63.6 Å². The lowest BCUT2D eigenvalue weighted by atomic mass is 10.1. The van der Waals surface area contributed by atoms with Crippen LogP contribution in [0.1, 0.15) is 16.7 Å². The fourth-order valence-electron chi connectivity index (χ4n) is 2.31. The molecule has 0 bridgehead atoms. The summed E-state index contributed by atoms with van der Waals surface area (Å²) in [6, 6.07) is 15.1. The second kappa shape index (κ2) is 6.91. The van der Waals surface area contributed by atoms with Crippen molar-refractivity contribution in [1.82, 2.24) is 5.32 Å². The molecule has 0 fully saturated rings. The van der Waals surface area contributed by atoms with Gasteiger partial charge in [-0.15, -0.1) is 0 Å². The normalized spacial score (nSPS) is 10.6. The van der Waals surface area contributed by atoms with Crippen LogP contribution >= 0.6 is 15.9 Å². The highest BCUT2D eigenvalue weighted by atomic mass is 79.9. The van der Waals surface area contributed by atoms with Crippen LogP contribution in [0.25, 0.3) is 0 Å². The quantitative estimate of drug-likeness (QED) is 0.886. The first-order chi connectivity index (χ1) is 9.60. The number of aryl methyl sites for hydroxylation is 1. The summed E-state index contributed by atoms with van der Waals surface area (Å²) in [5.41, 5.74) is 5.24. The first-order valence-electron chi connectivity index (χ1n) is 6.80. The Labute approximate surface area is 129 Å². The molecule has 0 aromatic heterocycles. The molecule has 0 heterocycles. The molecular formula is C17H21BrN2. The maximum atomic E-state index is 3.52. The van der Waals surface area contributed by atoms with Crippen LogP contribution in [0.15, 0.2) is 46.9 Å². The highest BCUT2D eigenvalue weighted by Gasteiger charge is 2.05. The van der Waals surface area contributed by atoms with Crippen molar-refractivity contribution >= 4 is 21.6 Å². The van der Waals surface area contributed by atoms with E-state index >= 15 is 0 Å². The summed E-state index contributed by atoms with van der Waals surface area (Å²) < 4.78 is 1.13. The fourth-order valence-corrected chi connectivity index (χ4v) is 2.75. The first kappa shape index (κ1) is 15.1. The molecule has 0 amide bonds. The van der Waals surface area contributed by atoms with Crippen LogP contribution in [0, 0.1) is 6.92 Å². The summed E-state index contributed by atoms with van der Waals surface area (Å²) >= 11 is 3.52. The third-order valence-electron chi connectivity index (χ3n) is 3.44. The van der Waals surface area contributed by atoms with Crippen LogP contribution in [-0.4, -0.2) is 14.1 Å². The number of nitrogens with zero attached hydrogens (tertiary/aromatic N) is 1. The van der Waals surface area contributed by atoms with Gasteiger partial charge in [0.05, 0.1) is 0 Å². The number of nitrogens with one attached hydrogen (secondary N) is 1. The van der Waals surface area contributed by atoms with E-state index < -0.39 is 0 Å². The average Bonchev–Trinajstić information content (AvgIpc) is 2.41. The van der Waals surface area contributed by atoms with E-state index in [9.17, 15) is 0 Å². The molecule has 20 heavy (non-hydrogen) atoms. The summed E-state index contributed by atoms with van der Waals surface area (Å²) in [5, 5.41) is 3.20. The van der Waals surface area contributed by atoms with Gasteiger partial charge in [-0.2, -0.15) is 0 Å². The van der Waals surface area contributed by atoms with Gasteiger partial charge in [0, 0.05) is 30.3 Å². The zero-order valence-electron chi connectivity index (χ0n) is 12.3.